The second-order valence-electron chi connectivity index (χ2n) is 9.85. The van der Waals surface area contributed by atoms with Crippen molar-refractivity contribution in [2.45, 2.75) is 31.3 Å². The number of nitrogens with one attached hydrogen (secondary N) is 1. The number of nitro benzene ring substituents is 1. The molecule has 3 aromatic carbocycles. The van der Waals surface area contributed by atoms with Crippen LogP contribution < -0.4 is 5.32 Å². The second kappa shape index (κ2) is 8.28. The number of non-ortho nitro benzene ring substituents is 1. The monoisotopic (exact) mass is 499 g/mol. The third kappa shape index (κ3) is 3.10. The first-order valence-electron chi connectivity index (χ1n) is 12.0. The number of carbonyl (C=O) groups excluding carboxylic acids is 2. The first-order valence-corrected chi connectivity index (χ1v) is 13.1. The van der Waals surface area contributed by atoms with Gasteiger partial charge >= 0.3 is 0 Å². The van der Waals surface area contributed by atoms with Crippen LogP contribution in [0.5, 0.6) is 0 Å². The number of aryl methyl sites for hydroxylation is 2. The molecule has 8 heteroatoms. The molecular weight excluding hydrogens is 474 g/mol. The molecule has 3 aromatic rings. The van der Waals surface area contributed by atoms with Gasteiger partial charge in [0.2, 0.25) is 5.91 Å². The van der Waals surface area contributed by atoms with E-state index >= 15 is 0 Å². The molecule has 1 amide bonds. The van der Waals surface area contributed by atoms with Crippen LogP contribution in [0.3, 0.4) is 0 Å². The normalized spacial score (nSPS) is 26.6. The molecule has 36 heavy (non-hydrogen) atoms. The predicted molar refractivity (Wildman–Crippen MR) is 139 cm³/mol. The van der Waals surface area contributed by atoms with Crippen molar-refractivity contribution in [3.8, 4) is 0 Å². The topological polar surface area (TPSA) is 92.5 Å². The van der Waals surface area contributed by atoms with Crippen molar-refractivity contribution in [3.63, 3.8) is 0 Å². The van der Waals surface area contributed by atoms with Gasteiger partial charge in [-0.05, 0) is 25.0 Å². The van der Waals surface area contributed by atoms with Crippen molar-refractivity contribution >= 4 is 34.8 Å². The van der Waals surface area contributed by atoms with E-state index in [2.05, 4.69) is 10.2 Å². The van der Waals surface area contributed by atoms with Gasteiger partial charge in [-0.3, -0.25) is 24.6 Å². The highest BCUT2D eigenvalue weighted by Crippen LogP contribution is 2.61. The van der Waals surface area contributed by atoms with Crippen LogP contribution in [-0.4, -0.2) is 39.2 Å². The molecule has 3 heterocycles. The number of Topliss-reactive ketones (excluding diaryl/α,β-unsaturated/α-hetero) is 1. The summed E-state index contributed by atoms with van der Waals surface area (Å²) in [7, 11) is 0. The first kappa shape index (κ1) is 22.9. The Kier molecular flexibility index (Phi) is 5.28. The Morgan fingerprint density at radius 1 is 1.11 bits per heavy atom. The largest absolute Gasteiger partial charge is 0.324 e. The predicted octanol–water partition coefficient (Wildman–Crippen LogP) is 5.03. The van der Waals surface area contributed by atoms with Crippen molar-refractivity contribution in [1.29, 1.82) is 0 Å². The zero-order chi connectivity index (χ0) is 25.2. The minimum absolute atomic E-state index is 0.0143. The number of nitrogens with zero attached hydrogens (tertiary/aromatic N) is 2. The maximum Gasteiger partial charge on any atom is 0.269 e. The minimum atomic E-state index is -1.19. The molecule has 7 nitrogen and oxygen atoms in total. The molecule has 0 unspecified atom stereocenters. The molecule has 3 aliphatic heterocycles. The van der Waals surface area contributed by atoms with Gasteiger partial charge in [-0.2, -0.15) is 0 Å². The maximum absolute atomic E-state index is 14.4. The highest BCUT2D eigenvalue weighted by molar-refractivity contribution is 7.99. The molecule has 0 aliphatic carbocycles. The molecule has 0 aromatic heterocycles. The van der Waals surface area contributed by atoms with Gasteiger partial charge < -0.3 is 5.32 Å². The van der Waals surface area contributed by atoms with E-state index in [1.165, 1.54) is 6.07 Å². The standard InChI is InChI=1S/C28H25N3O4S/c1-16-11-17(2)25-21(12-16)28(27(33)29-25)24(26(32)18-7-4-3-5-8-18)23(22-14-36-15-30(22)28)19-9-6-10-20(13-19)31(34)35/h3-13,22-24H,14-15H2,1-2H3,(H,29,33)/t22-,23-,24-,28-/m1/s1. The average Bonchev–Trinajstić information content (AvgIpc) is 3.53. The minimum Gasteiger partial charge on any atom is -0.324 e. The quantitative estimate of drug-likeness (QED) is 0.308. The Hall–Kier alpha value is -3.49. The average molecular weight is 500 g/mol. The molecule has 6 rings (SSSR count). The lowest BCUT2D eigenvalue weighted by molar-refractivity contribution is -0.384. The number of hydrogen-bond donors (Lipinski definition) is 1. The number of fused-ring (bicyclic) bond motifs is 4. The van der Waals surface area contributed by atoms with E-state index in [4.69, 9.17) is 0 Å². The SMILES string of the molecule is Cc1cc(C)c2c(c1)[C@]1(C(=O)N2)[C@@H](C(=O)c2ccccc2)[C@H](c2cccc([N+](=O)[O-])c2)[C@H]2CSCN21. The zero-order valence-electron chi connectivity index (χ0n) is 19.9. The van der Waals surface area contributed by atoms with Crippen LogP contribution in [0.15, 0.2) is 66.7 Å². The molecule has 4 atom stereocenters. The fraction of sp³-hybridized carbons (Fsp3) is 0.286. The second-order valence-corrected chi connectivity index (χ2v) is 10.8. The van der Waals surface area contributed by atoms with Crippen LogP contribution >= 0.6 is 11.8 Å². The van der Waals surface area contributed by atoms with Crippen molar-refractivity contribution in [2.75, 3.05) is 16.9 Å². The molecule has 1 spiro atoms. The molecule has 3 aliphatic rings. The van der Waals surface area contributed by atoms with E-state index in [1.807, 2.05) is 50.2 Å². The van der Waals surface area contributed by atoms with Crippen LogP contribution in [0.4, 0.5) is 11.4 Å². The van der Waals surface area contributed by atoms with Crippen molar-refractivity contribution in [3.05, 3.63) is 105 Å². The first-order chi connectivity index (χ1) is 17.3. The molecular formula is C28H25N3O4S. The molecule has 182 valence electrons. The molecule has 0 saturated carbocycles. The Labute approximate surface area is 213 Å². The third-order valence-corrected chi connectivity index (χ3v) is 8.92. The number of ketones is 1. The number of rotatable bonds is 4. The van der Waals surface area contributed by atoms with E-state index in [1.54, 1.807) is 36.0 Å². The lowest BCUT2D eigenvalue weighted by Gasteiger charge is -2.36. The van der Waals surface area contributed by atoms with Gasteiger partial charge in [-0.25, -0.2) is 0 Å². The maximum atomic E-state index is 14.4. The fourth-order valence-corrected chi connectivity index (χ4v) is 7.86. The summed E-state index contributed by atoms with van der Waals surface area (Å²) >= 11 is 1.73. The molecule has 0 radical (unpaired) electrons. The van der Waals surface area contributed by atoms with E-state index in [0.29, 0.717) is 11.4 Å². The Balaban J connectivity index is 1.64. The number of anilines is 1. The summed E-state index contributed by atoms with van der Waals surface area (Å²) < 4.78 is 0. The molecule has 2 saturated heterocycles. The van der Waals surface area contributed by atoms with E-state index in [0.717, 1.165) is 33.7 Å². The van der Waals surface area contributed by atoms with Crippen LogP contribution in [0.1, 0.15) is 38.5 Å². The summed E-state index contributed by atoms with van der Waals surface area (Å²) in [4.78, 5) is 42.0. The number of thioether (sulfide) groups is 1. The molecule has 2 fully saturated rings. The van der Waals surface area contributed by atoms with Crippen LogP contribution in [0.2, 0.25) is 0 Å². The molecule has 1 N–H and O–H groups in total. The number of nitro groups is 1. The number of hydrogen-bond acceptors (Lipinski definition) is 6. The number of amides is 1. The highest BCUT2D eigenvalue weighted by Gasteiger charge is 2.69. The Morgan fingerprint density at radius 2 is 1.89 bits per heavy atom. The summed E-state index contributed by atoms with van der Waals surface area (Å²) in [5, 5.41) is 14.8. The van der Waals surface area contributed by atoms with Crippen LogP contribution in [0, 0.1) is 29.9 Å². The highest BCUT2D eigenvalue weighted by atomic mass is 32.2. The third-order valence-electron chi connectivity index (χ3n) is 7.88. The van der Waals surface area contributed by atoms with Gasteiger partial charge in [-0.1, -0.05) is 60.2 Å². The van der Waals surface area contributed by atoms with Gasteiger partial charge in [-0.15, -0.1) is 11.8 Å². The van der Waals surface area contributed by atoms with Gasteiger partial charge in [0.15, 0.2) is 5.78 Å². The fourth-order valence-electron chi connectivity index (χ4n) is 6.53. The van der Waals surface area contributed by atoms with Gasteiger partial charge in [0, 0.05) is 52.5 Å². The smallest absolute Gasteiger partial charge is 0.269 e. The Morgan fingerprint density at radius 3 is 2.64 bits per heavy atom. The molecule has 0 bridgehead atoms. The summed E-state index contributed by atoms with van der Waals surface area (Å²) in [5.41, 5.74) is 3.64. The number of benzene rings is 3. The van der Waals surface area contributed by atoms with Gasteiger partial charge in [0.25, 0.3) is 5.69 Å². The number of carbonyl (C=O) groups is 2. The lowest BCUT2D eigenvalue weighted by Crippen LogP contribution is -2.52. The summed E-state index contributed by atoms with van der Waals surface area (Å²) in [6.07, 6.45) is 0. The van der Waals surface area contributed by atoms with E-state index in [9.17, 15) is 19.7 Å². The van der Waals surface area contributed by atoms with Gasteiger partial charge in [0.1, 0.15) is 5.54 Å². The van der Waals surface area contributed by atoms with Crippen LogP contribution in [-0.2, 0) is 10.3 Å². The summed E-state index contributed by atoms with van der Waals surface area (Å²) in [6, 6.07) is 19.6. The summed E-state index contributed by atoms with van der Waals surface area (Å²) in [6.45, 7) is 3.98. The Bertz CT molecular complexity index is 1430. The zero-order valence-corrected chi connectivity index (χ0v) is 20.7. The summed E-state index contributed by atoms with van der Waals surface area (Å²) in [5.74, 6) is -0.0924. The van der Waals surface area contributed by atoms with Gasteiger partial charge in [0.05, 0.1) is 10.8 Å². The van der Waals surface area contributed by atoms with E-state index in [-0.39, 0.29) is 29.3 Å². The van der Waals surface area contributed by atoms with E-state index < -0.39 is 16.4 Å². The van der Waals surface area contributed by atoms with Crippen molar-refractivity contribution < 1.29 is 14.5 Å². The van der Waals surface area contributed by atoms with Crippen molar-refractivity contribution in [2.24, 2.45) is 5.92 Å². The van der Waals surface area contributed by atoms with Crippen LogP contribution in [0.25, 0.3) is 0 Å². The lowest BCUT2D eigenvalue weighted by atomic mass is 9.69. The van der Waals surface area contributed by atoms with Crippen molar-refractivity contribution in [1.82, 2.24) is 4.90 Å².